The van der Waals surface area contributed by atoms with Crippen molar-refractivity contribution in [2.45, 2.75) is 26.4 Å². The molecule has 0 unspecified atom stereocenters. The molecule has 0 saturated carbocycles. The molecule has 0 radical (unpaired) electrons. The van der Waals surface area contributed by atoms with E-state index < -0.39 is 4.92 Å². The molecule has 0 aromatic carbocycles. The van der Waals surface area contributed by atoms with Crippen molar-refractivity contribution in [1.29, 1.82) is 0 Å². The molecule has 1 aromatic rings. The molecule has 0 atom stereocenters. The normalized spacial score (nSPS) is 11.3. The van der Waals surface area contributed by atoms with Crippen LogP contribution in [0.25, 0.3) is 0 Å². The fourth-order valence-electron chi connectivity index (χ4n) is 1.18. The van der Waals surface area contributed by atoms with E-state index in [-0.39, 0.29) is 23.0 Å². The molecule has 0 aliphatic rings. The highest BCUT2D eigenvalue weighted by Gasteiger charge is 2.13. The first-order chi connectivity index (χ1) is 8.29. The summed E-state index contributed by atoms with van der Waals surface area (Å²) in [6.07, 6.45) is 0. The number of anilines is 1. The van der Waals surface area contributed by atoms with Crippen LogP contribution in [0.2, 0.25) is 0 Å². The van der Waals surface area contributed by atoms with Gasteiger partial charge in [0.05, 0.1) is 17.1 Å². The van der Waals surface area contributed by atoms with Crippen molar-refractivity contribution in [3.8, 4) is 5.88 Å². The van der Waals surface area contributed by atoms with Gasteiger partial charge in [-0.25, -0.2) is 0 Å². The zero-order chi connectivity index (χ0) is 13.8. The number of aromatic nitrogens is 1. The highest BCUT2D eigenvalue weighted by atomic mass is 16.6. The van der Waals surface area contributed by atoms with E-state index in [9.17, 15) is 10.1 Å². The second kappa shape index (κ2) is 5.63. The Morgan fingerprint density at radius 3 is 2.56 bits per heavy atom. The van der Waals surface area contributed by atoms with Crippen LogP contribution in [0.5, 0.6) is 5.88 Å². The summed E-state index contributed by atoms with van der Waals surface area (Å²) in [5.74, 6) is 0.0878. The SMILES string of the molecule is CC(C)(C)OCCOc1ccc([N+](=O)[O-])c(N)n1. The quantitative estimate of drug-likeness (QED) is 0.489. The van der Waals surface area contributed by atoms with Crippen LogP contribution in [-0.2, 0) is 4.74 Å². The summed E-state index contributed by atoms with van der Waals surface area (Å²) in [7, 11) is 0. The lowest BCUT2D eigenvalue weighted by molar-refractivity contribution is -0.384. The van der Waals surface area contributed by atoms with E-state index >= 15 is 0 Å². The van der Waals surface area contributed by atoms with E-state index in [1.54, 1.807) is 0 Å². The van der Waals surface area contributed by atoms with E-state index in [2.05, 4.69) is 4.98 Å². The molecule has 0 aliphatic carbocycles. The van der Waals surface area contributed by atoms with Gasteiger partial charge in [-0.3, -0.25) is 10.1 Å². The molecule has 2 N–H and O–H groups in total. The van der Waals surface area contributed by atoms with Crippen LogP contribution in [0, 0.1) is 10.1 Å². The fourth-order valence-corrected chi connectivity index (χ4v) is 1.18. The maximum absolute atomic E-state index is 10.5. The summed E-state index contributed by atoms with van der Waals surface area (Å²) >= 11 is 0. The Balaban J connectivity index is 2.49. The van der Waals surface area contributed by atoms with Gasteiger partial charge in [-0.1, -0.05) is 0 Å². The molecule has 7 nitrogen and oxygen atoms in total. The van der Waals surface area contributed by atoms with Crippen LogP contribution < -0.4 is 10.5 Å². The largest absolute Gasteiger partial charge is 0.475 e. The molecule has 7 heteroatoms. The Morgan fingerprint density at radius 1 is 1.39 bits per heavy atom. The Bertz CT molecular complexity index is 429. The minimum absolute atomic E-state index is 0.158. The molecule has 0 amide bonds. The summed E-state index contributed by atoms with van der Waals surface area (Å²) < 4.78 is 10.7. The number of hydrogen-bond acceptors (Lipinski definition) is 6. The van der Waals surface area contributed by atoms with Crippen molar-refractivity contribution in [2.24, 2.45) is 0 Å². The molecule has 0 saturated heterocycles. The van der Waals surface area contributed by atoms with Crippen LogP contribution >= 0.6 is 0 Å². The number of ether oxygens (including phenoxy) is 2. The van der Waals surface area contributed by atoms with Gasteiger partial charge in [0.25, 0.3) is 0 Å². The number of rotatable bonds is 5. The molecule has 100 valence electrons. The third-order valence-corrected chi connectivity index (χ3v) is 1.94. The van der Waals surface area contributed by atoms with Crippen LogP contribution in [0.4, 0.5) is 11.5 Å². The summed E-state index contributed by atoms with van der Waals surface area (Å²) in [5, 5.41) is 10.5. The van der Waals surface area contributed by atoms with Gasteiger partial charge >= 0.3 is 5.69 Å². The van der Waals surface area contributed by atoms with Crippen molar-refractivity contribution in [2.75, 3.05) is 18.9 Å². The van der Waals surface area contributed by atoms with Gasteiger partial charge in [0.1, 0.15) is 6.61 Å². The number of pyridine rings is 1. The van der Waals surface area contributed by atoms with Crippen molar-refractivity contribution < 1.29 is 14.4 Å². The van der Waals surface area contributed by atoms with Gasteiger partial charge in [0, 0.05) is 12.1 Å². The third kappa shape index (κ3) is 4.54. The maximum Gasteiger partial charge on any atom is 0.311 e. The highest BCUT2D eigenvalue weighted by molar-refractivity contribution is 5.53. The standard InChI is InChI=1S/C11H17N3O4/c1-11(2,3)18-7-6-17-9-5-4-8(14(15)16)10(12)13-9/h4-5H,6-7H2,1-3H3,(H2,12,13). The summed E-state index contributed by atoms with van der Waals surface area (Å²) in [6, 6.07) is 2.67. The Hall–Kier alpha value is -1.89. The highest BCUT2D eigenvalue weighted by Crippen LogP contribution is 2.21. The van der Waals surface area contributed by atoms with E-state index in [0.29, 0.717) is 13.2 Å². The molecule has 1 aromatic heterocycles. The summed E-state index contributed by atoms with van der Waals surface area (Å²) in [6.45, 7) is 6.53. The number of nitrogen functional groups attached to an aromatic ring is 1. The lowest BCUT2D eigenvalue weighted by Gasteiger charge is -2.19. The van der Waals surface area contributed by atoms with E-state index in [1.807, 2.05) is 20.8 Å². The van der Waals surface area contributed by atoms with Crippen molar-refractivity contribution in [3.05, 3.63) is 22.2 Å². The molecule has 18 heavy (non-hydrogen) atoms. The molecular weight excluding hydrogens is 238 g/mol. The van der Waals surface area contributed by atoms with E-state index in [4.69, 9.17) is 15.2 Å². The lowest BCUT2D eigenvalue weighted by atomic mass is 10.2. The molecule has 0 spiro atoms. The van der Waals surface area contributed by atoms with Gasteiger partial charge in [-0.2, -0.15) is 4.98 Å². The molecule has 1 heterocycles. The number of nitrogens with two attached hydrogens (primary N) is 1. The topological polar surface area (TPSA) is 101 Å². The lowest BCUT2D eigenvalue weighted by Crippen LogP contribution is -2.22. The summed E-state index contributed by atoms with van der Waals surface area (Å²) in [5.41, 5.74) is 4.97. The second-order valence-corrected chi connectivity index (χ2v) is 4.62. The first kappa shape index (κ1) is 14.2. The fraction of sp³-hybridized carbons (Fsp3) is 0.545. The van der Waals surface area contributed by atoms with Gasteiger partial charge in [0.2, 0.25) is 11.7 Å². The van der Waals surface area contributed by atoms with Crippen LogP contribution in [0.15, 0.2) is 12.1 Å². The van der Waals surface area contributed by atoms with Crippen LogP contribution in [0.3, 0.4) is 0 Å². The first-order valence-corrected chi connectivity index (χ1v) is 5.47. The smallest absolute Gasteiger partial charge is 0.311 e. The second-order valence-electron chi connectivity index (χ2n) is 4.62. The van der Waals surface area contributed by atoms with Crippen LogP contribution in [0.1, 0.15) is 20.8 Å². The van der Waals surface area contributed by atoms with Gasteiger partial charge in [-0.05, 0) is 20.8 Å². The molecule has 0 bridgehead atoms. The number of hydrogen-bond donors (Lipinski definition) is 1. The van der Waals surface area contributed by atoms with Crippen molar-refractivity contribution in [1.82, 2.24) is 4.98 Å². The molecule has 0 aliphatic heterocycles. The molecule has 0 fully saturated rings. The zero-order valence-electron chi connectivity index (χ0n) is 10.7. The minimum atomic E-state index is -0.588. The number of nitro groups is 1. The molecular formula is C11H17N3O4. The van der Waals surface area contributed by atoms with Gasteiger partial charge in [-0.15, -0.1) is 0 Å². The first-order valence-electron chi connectivity index (χ1n) is 5.47. The maximum atomic E-state index is 10.5. The Morgan fingerprint density at radius 2 is 2.06 bits per heavy atom. The van der Waals surface area contributed by atoms with Crippen LogP contribution in [-0.4, -0.2) is 28.7 Å². The van der Waals surface area contributed by atoms with Gasteiger partial charge in [0.15, 0.2) is 0 Å². The number of nitrogens with zero attached hydrogens (tertiary/aromatic N) is 2. The molecule has 1 rings (SSSR count). The average molecular weight is 255 g/mol. The van der Waals surface area contributed by atoms with E-state index in [0.717, 1.165) is 0 Å². The Kier molecular flexibility index (Phi) is 4.43. The predicted molar refractivity (Wildman–Crippen MR) is 66.5 cm³/mol. The minimum Gasteiger partial charge on any atom is -0.475 e. The zero-order valence-corrected chi connectivity index (χ0v) is 10.7. The average Bonchev–Trinajstić information content (AvgIpc) is 2.22. The van der Waals surface area contributed by atoms with Crippen molar-refractivity contribution in [3.63, 3.8) is 0 Å². The van der Waals surface area contributed by atoms with Gasteiger partial charge < -0.3 is 15.2 Å². The van der Waals surface area contributed by atoms with Crippen molar-refractivity contribution >= 4 is 11.5 Å². The predicted octanol–water partition coefficient (Wildman–Crippen LogP) is 1.77. The monoisotopic (exact) mass is 255 g/mol. The summed E-state index contributed by atoms with van der Waals surface area (Å²) in [4.78, 5) is 13.7. The van der Waals surface area contributed by atoms with E-state index in [1.165, 1.54) is 12.1 Å². The third-order valence-electron chi connectivity index (χ3n) is 1.94. The Labute approximate surface area is 105 Å².